The maximum absolute atomic E-state index is 12.6. The number of imide groups is 1. The first kappa shape index (κ1) is 33.8. The molecule has 0 bridgehead atoms. The normalized spacial score (nSPS) is 20.1. The summed E-state index contributed by atoms with van der Waals surface area (Å²) >= 11 is 0. The molecular formula is C43H45N9O3. The fraction of sp³-hybridized carbons (Fsp3) is 0.372. The average Bonchev–Trinajstić information content (AvgIpc) is 3.85. The van der Waals surface area contributed by atoms with Crippen molar-refractivity contribution in [3.63, 3.8) is 0 Å². The Balaban J connectivity index is 0.737. The van der Waals surface area contributed by atoms with Crippen molar-refractivity contribution in [2.45, 2.75) is 37.5 Å². The van der Waals surface area contributed by atoms with Crippen molar-refractivity contribution < 1.29 is 14.4 Å². The van der Waals surface area contributed by atoms with Gasteiger partial charge in [0, 0.05) is 128 Å². The summed E-state index contributed by atoms with van der Waals surface area (Å²) in [7, 11) is 0. The third-order valence-corrected chi connectivity index (χ3v) is 12.6. The van der Waals surface area contributed by atoms with E-state index in [1.807, 2.05) is 30.6 Å². The van der Waals surface area contributed by atoms with Gasteiger partial charge in [0.1, 0.15) is 0 Å². The van der Waals surface area contributed by atoms with Crippen LogP contribution >= 0.6 is 0 Å². The number of H-pyrrole nitrogens is 1. The number of benzene rings is 2. The third-order valence-electron chi connectivity index (χ3n) is 12.6. The molecule has 0 atom stereocenters. The van der Waals surface area contributed by atoms with Gasteiger partial charge in [-0.2, -0.15) is 0 Å². The molecule has 5 aliphatic rings. The number of rotatable bonds is 7. The van der Waals surface area contributed by atoms with Gasteiger partial charge in [0.05, 0.1) is 23.1 Å². The lowest BCUT2D eigenvalue weighted by Crippen LogP contribution is -2.49. The zero-order valence-corrected chi connectivity index (χ0v) is 30.9. The first-order valence-corrected chi connectivity index (χ1v) is 19.7. The fourth-order valence-corrected chi connectivity index (χ4v) is 9.18. The monoisotopic (exact) mass is 735 g/mol. The Labute approximate surface area is 319 Å². The zero-order valence-electron chi connectivity index (χ0n) is 30.9. The summed E-state index contributed by atoms with van der Waals surface area (Å²) in [5.41, 5.74) is 9.13. The second kappa shape index (κ2) is 13.5. The summed E-state index contributed by atoms with van der Waals surface area (Å²) in [5, 5.41) is 7.52. The largest absolute Gasteiger partial charge is 0.371 e. The number of pyridine rings is 2. The highest BCUT2D eigenvalue weighted by Crippen LogP contribution is 2.50. The van der Waals surface area contributed by atoms with E-state index >= 15 is 0 Å². The van der Waals surface area contributed by atoms with E-state index in [1.54, 1.807) is 11.1 Å². The molecule has 0 unspecified atom stereocenters. The highest BCUT2D eigenvalue weighted by atomic mass is 16.2. The highest BCUT2D eigenvalue weighted by molar-refractivity contribution is 6.11. The number of amides is 4. The zero-order chi connectivity index (χ0) is 37.1. The molecule has 3 N–H and O–H groups in total. The molecule has 55 heavy (non-hydrogen) atoms. The number of piperazine rings is 1. The van der Waals surface area contributed by atoms with Crippen LogP contribution in [0.2, 0.25) is 0 Å². The minimum absolute atomic E-state index is 0.0153. The van der Waals surface area contributed by atoms with E-state index < -0.39 is 0 Å². The van der Waals surface area contributed by atoms with Crippen molar-refractivity contribution in [1.82, 2.24) is 30.5 Å². The maximum atomic E-state index is 12.6. The molecule has 4 aliphatic heterocycles. The number of aromatic nitrogens is 3. The molecule has 1 spiro atoms. The van der Waals surface area contributed by atoms with E-state index in [2.05, 4.69) is 77.8 Å². The van der Waals surface area contributed by atoms with Gasteiger partial charge in [-0.05, 0) is 68.0 Å². The molecule has 5 aromatic rings. The van der Waals surface area contributed by atoms with Crippen LogP contribution in [-0.4, -0.2) is 96.6 Å². The van der Waals surface area contributed by atoms with E-state index in [1.165, 1.54) is 5.69 Å². The van der Waals surface area contributed by atoms with Gasteiger partial charge in [0.25, 0.3) is 5.91 Å². The molecule has 7 heterocycles. The summed E-state index contributed by atoms with van der Waals surface area (Å²) in [4.78, 5) is 59.0. The smallest absolute Gasteiger partial charge is 0.328 e. The fourth-order valence-electron chi connectivity index (χ4n) is 9.18. The van der Waals surface area contributed by atoms with E-state index in [4.69, 9.17) is 4.98 Å². The first-order chi connectivity index (χ1) is 26.9. The number of fused-ring (bicyclic) bond motifs is 3. The van der Waals surface area contributed by atoms with Crippen molar-refractivity contribution in [2.75, 3.05) is 73.6 Å². The van der Waals surface area contributed by atoms with Crippen LogP contribution in [-0.2, 0) is 10.2 Å². The van der Waals surface area contributed by atoms with Gasteiger partial charge in [0.15, 0.2) is 0 Å². The topological polar surface area (TPSA) is 130 Å². The van der Waals surface area contributed by atoms with Crippen molar-refractivity contribution in [3.05, 3.63) is 90.5 Å². The van der Waals surface area contributed by atoms with E-state index in [9.17, 15) is 14.4 Å². The van der Waals surface area contributed by atoms with Crippen LogP contribution in [0.15, 0.2) is 79.3 Å². The summed E-state index contributed by atoms with van der Waals surface area (Å²) in [5.74, 6) is 0.437. The Bertz CT molecular complexity index is 2300. The van der Waals surface area contributed by atoms with Crippen molar-refractivity contribution >= 4 is 45.7 Å². The molecule has 3 saturated heterocycles. The standard InChI is InChI=1S/C43H45N9O3/c53-39-11-17-52(42(55)48-39)38-25-44-24-34-32(38)2-1-3-37(34)51-15-9-28(10-16-51)26-49-18-20-50(21-19-49)31-6-4-29(5-7-31)35-22-30(8-14-45-35)36-23-33-40(47-36)43(12-13-43)27-46-41(33)54/h1-8,14,22-25,28,47H,9-13,15-21,26-27H2,(H,46,54)(H,48,53,55). The molecule has 4 amide bonds. The van der Waals surface area contributed by atoms with Crippen LogP contribution in [0.4, 0.5) is 21.9 Å². The number of anilines is 3. The molecule has 12 heteroatoms. The lowest BCUT2D eigenvalue weighted by molar-refractivity contribution is -0.120. The number of hydrogen-bond acceptors (Lipinski definition) is 8. The molecule has 1 saturated carbocycles. The molecule has 10 rings (SSSR count). The van der Waals surface area contributed by atoms with Crippen LogP contribution < -0.4 is 25.3 Å². The molecule has 1 aliphatic carbocycles. The second-order valence-electron chi connectivity index (χ2n) is 15.9. The molecular weight excluding hydrogens is 691 g/mol. The maximum Gasteiger partial charge on any atom is 0.328 e. The van der Waals surface area contributed by atoms with Gasteiger partial charge >= 0.3 is 6.03 Å². The molecule has 3 aromatic heterocycles. The van der Waals surface area contributed by atoms with Crippen LogP contribution in [0, 0.1) is 5.92 Å². The van der Waals surface area contributed by atoms with Gasteiger partial charge in [-0.1, -0.05) is 24.3 Å². The number of nitrogens with zero attached hydrogens (tertiary/aromatic N) is 6. The van der Waals surface area contributed by atoms with Gasteiger partial charge in [-0.15, -0.1) is 0 Å². The number of aromatic amines is 1. The van der Waals surface area contributed by atoms with Crippen LogP contribution in [0.3, 0.4) is 0 Å². The Morgan fingerprint density at radius 3 is 2.38 bits per heavy atom. The van der Waals surface area contributed by atoms with E-state index in [0.717, 1.165) is 134 Å². The Hall–Kier alpha value is -5.75. The minimum atomic E-state index is -0.387. The van der Waals surface area contributed by atoms with Gasteiger partial charge < -0.3 is 20.1 Å². The number of hydrogen-bond donors (Lipinski definition) is 3. The van der Waals surface area contributed by atoms with Crippen molar-refractivity contribution in [2.24, 2.45) is 5.92 Å². The predicted octanol–water partition coefficient (Wildman–Crippen LogP) is 5.55. The third kappa shape index (κ3) is 6.27. The molecule has 4 fully saturated rings. The second-order valence-corrected chi connectivity index (χ2v) is 15.9. The molecule has 280 valence electrons. The Morgan fingerprint density at radius 1 is 0.782 bits per heavy atom. The SMILES string of the molecule is O=C1CCN(c2cncc3c(N4CCC(CN5CCN(c6ccc(-c7cc(-c8cc9c([nH]8)C8(CC8)CNC9=O)ccn7)cc6)CC5)CC4)cccc23)C(=O)N1. The minimum Gasteiger partial charge on any atom is -0.371 e. The van der Waals surface area contributed by atoms with Gasteiger partial charge in [-0.3, -0.25) is 34.7 Å². The number of nitrogens with one attached hydrogen (secondary N) is 3. The predicted molar refractivity (Wildman–Crippen MR) is 214 cm³/mol. The lowest BCUT2D eigenvalue weighted by atomic mass is 9.95. The summed E-state index contributed by atoms with van der Waals surface area (Å²) < 4.78 is 0. The lowest BCUT2D eigenvalue weighted by Gasteiger charge is -2.40. The number of carbonyl (C=O) groups is 3. The molecule has 0 radical (unpaired) electrons. The molecule has 2 aromatic carbocycles. The first-order valence-electron chi connectivity index (χ1n) is 19.7. The summed E-state index contributed by atoms with van der Waals surface area (Å²) in [6, 6.07) is 20.8. The summed E-state index contributed by atoms with van der Waals surface area (Å²) in [6.45, 7) is 8.31. The number of urea groups is 1. The quantitative estimate of drug-likeness (QED) is 0.199. The molecule has 12 nitrogen and oxygen atoms in total. The van der Waals surface area contributed by atoms with E-state index in [-0.39, 0.29) is 29.7 Å². The van der Waals surface area contributed by atoms with E-state index in [0.29, 0.717) is 12.5 Å². The van der Waals surface area contributed by atoms with Crippen LogP contribution in [0.5, 0.6) is 0 Å². The summed E-state index contributed by atoms with van der Waals surface area (Å²) in [6.07, 6.45) is 10.3. The van der Waals surface area contributed by atoms with Crippen molar-refractivity contribution in [1.29, 1.82) is 0 Å². The highest BCUT2D eigenvalue weighted by Gasteiger charge is 2.50. The average molecular weight is 736 g/mol. The van der Waals surface area contributed by atoms with Gasteiger partial charge in [-0.25, -0.2) is 4.79 Å². The van der Waals surface area contributed by atoms with Crippen LogP contribution in [0.1, 0.15) is 48.2 Å². The number of carbonyl (C=O) groups excluding carboxylic acids is 3. The van der Waals surface area contributed by atoms with Gasteiger partial charge in [0.2, 0.25) is 5.91 Å². The number of piperidine rings is 1. The van der Waals surface area contributed by atoms with Crippen LogP contribution in [0.25, 0.3) is 33.3 Å². The Morgan fingerprint density at radius 2 is 1.60 bits per heavy atom. The van der Waals surface area contributed by atoms with Crippen molar-refractivity contribution in [3.8, 4) is 22.5 Å². The Kier molecular flexibility index (Phi) is 8.31.